The maximum Gasteiger partial charge on any atom is 0.306 e. The molecule has 15 aliphatic rings. The Bertz CT molecular complexity index is 4560. The minimum atomic E-state index is -2.29. The maximum absolute atomic E-state index is 17.1. The molecule has 11 fully saturated rings. The van der Waals surface area contributed by atoms with Crippen molar-refractivity contribution in [2.45, 2.75) is 249 Å². The van der Waals surface area contributed by atoms with E-state index in [4.69, 9.17) is 14.2 Å². The number of Topliss-reactive ketones (excluding diaryl/α,β-unsaturated/α-hetero) is 3. The van der Waals surface area contributed by atoms with E-state index in [-0.39, 0.29) is 96.3 Å². The molecule has 3 heterocycles. The van der Waals surface area contributed by atoms with E-state index in [2.05, 4.69) is 62.4 Å². The summed E-state index contributed by atoms with van der Waals surface area (Å²) >= 11 is 1.98. The standard InChI is InChI=1S/C26H36O6.C24H29F3O5S.C22H29FO5.C19H19NOS/c1-5-6-21-31-25(4)12-18-17-8-7-15-11-16(28)9-10-23(15,2)22(17)19(29)13-24(18,3)26(25,32-21)20(30)14-27;1-4-19(30)32-23(20(31)33-12-25)8-6-14-15-10-17(26)16-9-13(28)5-7-21(16,2)24(15,27)18(29)11-22(14,23)3;1-12-8-16-15-5-4-13-9-14(25)6-7-19(13,2)21(15,23)17(26)10-20(16,3)22(12,28)18(27)11-24;1-20-9-6-13(7-10-20)18-15-5-3-2-4-14(15)12-17(21)19-16(18)8-11-22-19/h9-11,17-19,21-22,27,29H,5-8,12-14H2,1-4H3;5,7,9,14-15,17-18,29H,4,6,8,10-12H2,1-3H3;6-7,9,12,15-17,24,26,28H,4-5,8,10-11H2,1-3H3;2-5,8,11H,6-7,9-10,12H2,1H3/t17-,18-,19-,21?,22+,23-,24-,25+,26?;14-,15-,17-,18-,21-,22-,23-,24-;12-,15+,16+,17+,19+,20+,21+,22+;/m001./s1. The minimum absolute atomic E-state index is 0.00724. The van der Waals surface area contributed by atoms with Gasteiger partial charge in [-0.1, -0.05) is 114 Å². The number of esters is 1. The van der Waals surface area contributed by atoms with Gasteiger partial charge in [-0.15, -0.1) is 11.3 Å². The molecule has 0 spiro atoms. The largest absolute Gasteiger partial charge is 0.449 e. The first-order chi connectivity index (χ1) is 54.2. The summed E-state index contributed by atoms with van der Waals surface area (Å²) in [6.45, 7) is 19.1. The van der Waals surface area contributed by atoms with Gasteiger partial charge in [-0.3, -0.25) is 38.4 Å². The van der Waals surface area contributed by atoms with Crippen molar-refractivity contribution in [1.29, 1.82) is 0 Å². The molecule has 6 N–H and O–H groups in total. The zero-order valence-corrected chi connectivity index (χ0v) is 69.5. The molecule has 2 aromatic rings. The summed E-state index contributed by atoms with van der Waals surface area (Å²) in [7, 11) is 2.18. The molecule has 2 saturated heterocycles. The van der Waals surface area contributed by atoms with Gasteiger partial charge in [0, 0.05) is 81.7 Å². The molecule has 18 nitrogen and oxygen atoms in total. The maximum atomic E-state index is 17.1. The number of halogens is 4. The number of thioether (sulfide) groups is 1. The molecule has 24 heteroatoms. The van der Waals surface area contributed by atoms with Gasteiger partial charge in [0.05, 0.1) is 23.2 Å². The van der Waals surface area contributed by atoms with E-state index in [1.165, 1.54) is 59.1 Å². The lowest BCUT2D eigenvalue weighted by atomic mass is 9.44. The number of piperidine rings is 1. The Morgan fingerprint density at radius 2 is 1.31 bits per heavy atom. The number of ether oxygens (including phenoxy) is 3. The van der Waals surface area contributed by atoms with Crippen molar-refractivity contribution < 1.29 is 101 Å². The van der Waals surface area contributed by atoms with Gasteiger partial charge in [-0.25, -0.2) is 17.6 Å². The van der Waals surface area contributed by atoms with Gasteiger partial charge in [0.15, 0.2) is 63.5 Å². The molecule has 2 aliphatic heterocycles. The van der Waals surface area contributed by atoms with E-state index < -0.39 is 157 Å². The predicted octanol–water partition coefficient (Wildman–Crippen LogP) is 13.2. The van der Waals surface area contributed by atoms with Gasteiger partial charge >= 0.3 is 5.97 Å². The fourth-order valence-corrected chi connectivity index (χ4v) is 28.2. The Morgan fingerprint density at radius 1 is 0.687 bits per heavy atom. The van der Waals surface area contributed by atoms with Gasteiger partial charge < -0.3 is 49.7 Å². The van der Waals surface area contributed by atoms with Gasteiger partial charge in [0.1, 0.15) is 36.6 Å². The third kappa shape index (κ3) is 12.3. The predicted molar refractivity (Wildman–Crippen MR) is 425 cm³/mol. The summed E-state index contributed by atoms with van der Waals surface area (Å²) < 4.78 is 81.2. The highest BCUT2D eigenvalue weighted by atomic mass is 32.2. The number of likely N-dealkylation sites (tertiary alicyclic amines) is 1. The van der Waals surface area contributed by atoms with Crippen molar-refractivity contribution in [2.75, 3.05) is 39.4 Å². The Morgan fingerprint density at radius 3 is 1.97 bits per heavy atom. The van der Waals surface area contributed by atoms with Crippen LogP contribution < -0.4 is 0 Å². The summed E-state index contributed by atoms with van der Waals surface area (Å²) in [6.07, 6.45) is 16.0. The van der Waals surface area contributed by atoms with Crippen LogP contribution in [-0.2, 0) is 54.2 Å². The second-order valence-corrected chi connectivity index (χ2v) is 39.2. The van der Waals surface area contributed by atoms with Crippen LogP contribution in [0.4, 0.5) is 17.6 Å². The van der Waals surface area contributed by atoms with E-state index in [1.807, 2.05) is 19.1 Å². The van der Waals surface area contributed by atoms with Gasteiger partial charge in [0.25, 0.3) is 0 Å². The highest BCUT2D eigenvalue weighted by Gasteiger charge is 2.82. The number of carbonyl (C=O) groups excluding carboxylic acids is 8. The van der Waals surface area contributed by atoms with Crippen molar-refractivity contribution >= 4 is 74.5 Å². The van der Waals surface area contributed by atoms with Crippen molar-refractivity contribution in [3.05, 3.63) is 134 Å². The number of fused-ring (bicyclic) bond motifs is 19. The molecule has 624 valence electrons. The number of thiophene rings is 1. The number of allylic oxidation sites excluding steroid dienone is 12. The van der Waals surface area contributed by atoms with Crippen LogP contribution in [-0.4, -0.2) is 185 Å². The van der Waals surface area contributed by atoms with Crippen molar-refractivity contribution in [3.8, 4) is 0 Å². The van der Waals surface area contributed by atoms with Crippen LogP contribution in [0.3, 0.4) is 0 Å². The molecule has 0 radical (unpaired) electrons. The van der Waals surface area contributed by atoms with E-state index in [9.17, 15) is 73.4 Å². The summed E-state index contributed by atoms with van der Waals surface area (Å²) in [5.74, 6) is -4.57. The van der Waals surface area contributed by atoms with E-state index in [0.29, 0.717) is 62.3 Å². The number of hydrogen-bond acceptors (Lipinski definition) is 20. The normalized spacial score (nSPS) is 44.0. The number of hydrogen-bond donors (Lipinski definition) is 6. The van der Waals surface area contributed by atoms with E-state index in [0.717, 1.165) is 61.7 Å². The lowest BCUT2D eigenvalue weighted by molar-refractivity contribution is -0.226. The van der Waals surface area contributed by atoms with Crippen molar-refractivity contribution in [3.63, 3.8) is 0 Å². The number of alkyl halides is 4. The first-order valence-corrected chi connectivity index (χ1v) is 43.3. The first kappa shape index (κ1) is 85.4. The van der Waals surface area contributed by atoms with Gasteiger partial charge in [-0.2, -0.15) is 0 Å². The molecular weight excluding hydrogens is 1520 g/mol. The highest BCUT2D eigenvalue weighted by molar-refractivity contribution is 8.13. The molecule has 9 saturated carbocycles. The molecular formula is C91H113F4NO17S2. The number of rotatable bonds is 10. The number of nitrogens with zero attached hydrogens (tertiary/aromatic N) is 1. The quantitative estimate of drug-likeness (QED) is 0.0952. The van der Waals surface area contributed by atoms with Crippen LogP contribution in [0.1, 0.15) is 205 Å². The van der Waals surface area contributed by atoms with E-state index >= 15 is 13.2 Å². The van der Waals surface area contributed by atoms with Crippen LogP contribution in [0.2, 0.25) is 0 Å². The number of aliphatic hydroxyl groups is 6. The van der Waals surface area contributed by atoms with Crippen molar-refractivity contribution in [2.24, 2.45) is 79.8 Å². The van der Waals surface area contributed by atoms with Gasteiger partial charge in [-0.05, 0) is 236 Å². The number of aliphatic hydroxyl groups excluding tert-OH is 5. The summed E-state index contributed by atoms with van der Waals surface area (Å²) in [4.78, 5) is 103. The number of carbonyl (C=O) groups is 8. The summed E-state index contributed by atoms with van der Waals surface area (Å²) in [6, 6.07) is 9.57. The second kappa shape index (κ2) is 30.3. The average molecular weight is 1630 g/mol. The Balaban J connectivity index is 0.000000128. The third-order valence-electron chi connectivity index (χ3n) is 32.2. The number of benzene rings is 1. The molecule has 1 aromatic carbocycles. The minimum Gasteiger partial charge on any atom is -0.449 e. The SMILES string of the molecule is CCC(=O)O[C@]1(C(=O)SCF)CC[C@H]2[C@@H]3C[C@H](F)C4=CC(=O)C=C[C@]4(C)[C@@]3(F)[C@@H](O)C[C@@]21C.CCCC1OC2(C(=O)CO)[C@@](C)(C[C@H]3[C@@H]4CCC5=CC(=O)C=C[C@]5(C)[C@H]4[C@@H](O)C[C@@]32C)O1.CN1CCC(=C2c3ccccc3CC(=O)c3sccc32)CC1.C[C@@H]1C[C@H]2[C@@H]3CCC4=CC(=O)C=C[C@]4(C)[C@@]3(F)[C@@H](O)C[C@]2(C)[C@@]1(O)C(=O)CO. The molecule has 0 bridgehead atoms. The van der Waals surface area contributed by atoms with Crippen LogP contribution in [0.15, 0.2) is 113 Å². The zero-order chi connectivity index (χ0) is 83.3. The van der Waals surface area contributed by atoms with Crippen LogP contribution >= 0.6 is 23.1 Å². The Kier molecular flexibility index (Phi) is 22.5. The monoisotopic (exact) mass is 1630 g/mol. The summed E-state index contributed by atoms with van der Waals surface area (Å²) in [5.41, 5.74) is -7.45. The Labute approximate surface area is 679 Å². The number of ketones is 6. The molecule has 115 heavy (non-hydrogen) atoms. The zero-order valence-electron chi connectivity index (χ0n) is 67.9. The summed E-state index contributed by atoms with van der Waals surface area (Å²) in [5, 5.41) is 66.3. The third-order valence-corrected chi connectivity index (χ3v) is 33.9. The van der Waals surface area contributed by atoms with Crippen LogP contribution in [0, 0.1) is 79.8 Å². The highest BCUT2D eigenvalue weighted by Crippen LogP contribution is 2.76. The topological polar surface area (TPSA) is 289 Å². The Hall–Kier alpha value is -6.03. The second-order valence-electron chi connectivity index (χ2n) is 37.4. The van der Waals surface area contributed by atoms with Crippen LogP contribution in [0.25, 0.3) is 5.57 Å². The molecule has 2 unspecified atom stereocenters. The lowest BCUT2D eigenvalue weighted by Crippen LogP contribution is -2.70. The molecule has 0 amide bonds. The average Bonchev–Trinajstić information content (AvgIpc) is 1.57. The lowest BCUT2D eigenvalue weighted by Gasteiger charge is -2.63. The molecule has 1 aromatic heterocycles. The van der Waals surface area contributed by atoms with E-state index in [1.54, 1.807) is 64.2 Å². The smallest absolute Gasteiger partial charge is 0.306 e. The van der Waals surface area contributed by atoms with Crippen LogP contribution in [0.5, 0.6) is 0 Å². The van der Waals surface area contributed by atoms with Crippen molar-refractivity contribution in [1.82, 2.24) is 4.90 Å². The first-order valence-electron chi connectivity index (χ1n) is 41.5. The molecule has 17 rings (SSSR count). The molecule has 25 atom stereocenters. The fourth-order valence-electron chi connectivity index (χ4n) is 26.7. The molecule has 13 aliphatic carbocycles. The van der Waals surface area contributed by atoms with Gasteiger partial charge in [0.2, 0.25) is 5.12 Å². The fraction of sp³-hybridized carbons (Fsp3) is 0.648.